The minimum atomic E-state index is 0.773. The van der Waals surface area contributed by atoms with E-state index in [1.54, 1.807) is 6.21 Å². The van der Waals surface area contributed by atoms with E-state index in [0.29, 0.717) is 0 Å². The minimum Gasteiger partial charge on any atom is -0.360 e. The van der Waals surface area contributed by atoms with Gasteiger partial charge in [-0.3, -0.25) is 4.99 Å². The van der Waals surface area contributed by atoms with E-state index in [9.17, 15) is 0 Å². The van der Waals surface area contributed by atoms with Crippen LogP contribution in [0.1, 0.15) is 0 Å². The molecular weight excluding hydrogens is 168 g/mol. The lowest BCUT2D eigenvalue weighted by Gasteiger charge is -2.13. The molecular formula is C5H7BrN2. The van der Waals surface area contributed by atoms with E-state index in [0.717, 1.165) is 11.2 Å². The first kappa shape index (κ1) is 5.82. The van der Waals surface area contributed by atoms with Crippen molar-refractivity contribution in [2.45, 2.75) is 0 Å². The van der Waals surface area contributed by atoms with Gasteiger partial charge in [-0.15, -0.1) is 0 Å². The second kappa shape index (κ2) is 2.31. The lowest BCUT2D eigenvalue weighted by molar-refractivity contribution is 0.469. The Labute approximate surface area is 57.0 Å². The second-order valence-electron chi connectivity index (χ2n) is 1.72. The van der Waals surface area contributed by atoms with Crippen LogP contribution in [-0.4, -0.2) is 24.8 Å². The third-order valence-electron chi connectivity index (χ3n) is 0.863. The summed E-state index contributed by atoms with van der Waals surface area (Å²) in [6.45, 7) is 0.773. The van der Waals surface area contributed by atoms with E-state index < -0.39 is 0 Å². The van der Waals surface area contributed by atoms with Gasteiger partial charge in [0.1, 0.15) is 6.67 Å². The molecule has 0 atom stereocenters. The topological polar surface area (TPSA) is 15.6 Å². The van der Waals surface area contributed by atoms with E-state index >= 15 is 0 Å². The van der Waals surface area contributed by atoms with Crippen LogP contribution in [0.5, 0.6) is 0 Å². The van der Waals surface area contributed by atoms with Gasteiger partial charge in [-0.1, -0.05) is 0 Å². The van der Waals surface area contributed by atoms with E-state index in [4.69, 9.17) is 0 Å². The molecule has 0 amide bonds. The number of allylic oxidation sites excluding steroid dienone is 1. The van der Waals surface area contributed by atoms with Gasteiger partial charge in [0, 0.05) is 19.5 Å². The summed E-state index contributed by atoms with van der Waals surface area (Å²) in [6, 6.07) is 0. The fourth-order valence-corrected chi connectivity index (χ4v) is 1.04. The summed E-state index contributed by atoms with van der Waals surface area (Å²) in [7, 11) is 1.98. The van der Waals surface area contributed by atoms with E-state index in [1.165, 1.54) is 0 Å². The monoisotopic (exact) mass is 174 g/mol. The van der Waals surface area contributed by atoms with E-state index in [-0.39, 0.29) is 0 Å². The predicted octanol–water partition coefficient (Wildman–Crippen LogP) is 1.20. The highest BCUT2D eigenvalue weighted by Crippen LogP contribution is 2.05. The summed E-state index contributed by atoms with van der Waals surface area (Å²) in [6.07, 6.45) is 3.80. The van der Waals surface area contributed by atoms with Crippen molar-refractivity contribution in [3.05, 3.63) is 10.7 Å². The van der Waals surface area contributed by atoms with E-state index in [1.807, 2.05) is 18.1 Å². The zero-order valence-corrected chi connectivity index (χ0v) is 6.22. The Morgan fingerprint density at radius 3 is 3.00 bits per heavy atom. The first-order chi connectivity index (χ1) is 3.79. The van der Waals surface area contributed by atoms with Gasteiger partial charge in [0.2, 0.25) is 0 Å². The molecule has 0 fully saturated rings. The number of aliphatic imine (C=N–C) groups is 1. The Balaban J connectivity index is 2.63. The van der Waals surface area contributed by atoms with Gasteiger partial charge in [-0.25, -0.2) is 0 Å². The maximum atomic E-state index is 4.02. The van der Waals surface area contributed by atoms with Crippen LogP contribution in [0.3, 0.4) is 0 Å². The van der Waals surface area contributed by atoms with Crippen LogP contribution in [0.25, 0.3) is 0 Å². The molecule has 0 unspecified atom stereocenters. The van der Waals surface area contributed by atoms with Crippen molar-refractivity contribution in [2.24, 2.45) is 4.99 Å². The molecule has 0 saturated heterocycles. The molecule has 0 aromatic rings. The average molecular weight is 175 g/mol. The van der Waals surface area contributed by atoms with Crippen LogP contribution in [-0.2, 0) is 0 Å². The molecule has 0 N–H and O–H groups in total. The van der Waals surface area contributed by atoms with Crippen LogP contribution in [0, 0.1) is 0 Å². The van der Waals surface area contributed by atoms with Crippen molar-refractivity contribution in [3.8, 4) is 0 Å². The number of hydrogen-bond acceptors (Lipinski definition) is 2. The molecule has 44 valence electrons. The average Bonchev–Trinajstić information content (AvgIpc) is 1.64. The molecule has 1 aliphatic heterocycles. The van der Waals surface area contributed by atoms with Crippen molar-refractivity contribution < 1.29 is 0 Å². The Kier molecular flexibility index (Phi) is 1.68. The molecule has 0 aromatic heterocycles. The van der Waals surface area contributed by atoms with Crippen molar-refractivity contribution in [1.82, 2.24) is 4.90 Å². The van der Waals surface area contributed by atoms with Crippen LogP contribution >= 0.6 is 15.9 Å². The first-order valence-electron chi connectivity index (χ1n) is 2.36. The van der Waals surface area contributed by atoms with Gasteiger partial charge >= 0.3 is 0 Å². The van der Waals surface area contributed by atoms with E-state index in [2.05, 4.69) is 20.9 Å². The summed E-state index contributed by atoms with van der Waals surface area (Å²) in [4.78, 5) is 6.03. The highest BCUT2D eigenvalue weighted by atomic mass is 79.9. The number of hydrogen-bond donors (Lipinski definition) is 0. The molecule has 0 saturated carbocycles. The third-order valence-corrected chi connectivity index (χ3v) is 1.27. The molecule has 8 heavy (non-hydrogen) atoms. The molecule has 2 nitrogen and oxygen atoms in total. The van der Waals surface area contributed by atoms with Gasteiger partial charge in [0.05, 0.1) is 4.48 Å². The van der Waals surface area contributed by atoms with Gasteiger partial charge in [0.15, 0.2) is 0 Å². The maximum Gasteiger partial charge on any atom is 0.109 e. The maximum absolute atomic E-state index is 4.02. The summed E-state index contributed by atoms with van der Waals surface area (Å²) in [5.74, 6) is 0. The molecule has 1 heterocycles. The quantitative estimate of drug-likeness (QED) is 0.540. The van der Waals surface area contributed by atoms with Crippen LogP contribution < -0.4 is 0 Å². The van der Waals surface area contributed by atoms with Gasteiger partial charge < -0.3 is 4.90 Å². The molecule has 0 radical (unpaired) electrons. The zero-order valence-electron chi connectivity index (χ0n) is 4.63. The summed E-state index contributed by atoms with van der Waals surface area (Å²) in [5.41, 5.74) is 0. The Bertz CT molecular complexity index is 139. The third kappa shape index (κ3) is 1.33. The van der Waals surface area contributed by atoms with Crippen LogP contribution in [0.2, 0.25) is 0 Å². The highest BCUT2D eigenvalue weighted by molar-refractivity contribution is 9.12. The fraction of sp³-hybridized carbons (Fsp3) is 0.400. The zero-order chi connectivity index (χ0) is 5.98. The first-order valence-corrected chi connectivity index (χ1v) is 3.16. The largest absolute Gasteiger partial charge is 0.360 e. The Morgan fingerprint density at radius 2 is 2.62 bits per heavy atom. The minimum absolute atomic E-state index is 0.773. The summed E-state index contributed by atoms with van der Waals surface area (Å²) < 4.78 is 1.03. The Hall–Kier alpha value is -0.310. The summed E-state index contributed by atoms with van der Waals surface area (Å²) in [5, 5.41) is 0. The summed E-state index contributed by atoms with van der Waals surface area (Å²) >= 11 is 3.30. The van der Waals surface area contributed by atoms with Crippen LogP contribution in [0.15, 0.2) is 15.7 Å². The van der Waals surface area contributed by atoms with Gasteiger partial charge in [0.25, 0.3) is 0 Å². The van der Waals surface area contributed by atoms with Gasteiger partial charge in [-0.2, -0.15) is 0 Å². The van der Waals surface area contributed by atoms with Crippen molar-refractivity contribution in [3.63, 3.8) is 0 Å². The molecule has 0 spiro atoms. The van der Waals surface area contributed by atoms with Crippen LogP contribution in [0.4, 0.5) is 0 Å². The Morgan fingerprint density at radius 1 is 1.88 bits per heavy atom. The van der Waals surface area contributed by atoms with Gasteiger partial charge in [-0.05, 0) is 15.9 Å². The lowest BCUT2D eigenvalue weighted by atomic mass is 10.6. The smallest absolute Gasteiger partial charge is 0.109 e. The normalized spacial score (nSPS) is 18.8. The predicted molar refractivity (Wildman–Crippen MR) is 38.1 cm³/mol. The SMILES string of the molecule is CN1C=C(Br)C=NC1. The molecule has 1 aliphatic rings. The highest BCUT2D eigenvalue weighted by Gasteiger charge is 1.95. The number of rotatable bonds is 0. The lowest BCUT2D eigenvalue weighted by Crippen LogP contribution is -2.14. The molecule has 0 aromatic carbocycles. The molecule has 0 bridgehead atoms. The second-order valence-corrected chi connectivity index (χ2v) is 2.64. The fourth-order valence-electron chi connectivity index (χ4n) is 0.542. The molecule has 1 rings (SSSR count). The number of halogens is 1. The molecule has 3 heteroatoms. The number of nitrogens with zero attached hydrogens (tertiary/aromatic N) is 2. The van der Waals surface area contributed by atoms with Crippen molar-refractivity contribution in [1.29, 1.82) is 0 Å². The van der Waals surface area contributed by atoms with Crippen molar-refractivity contribution >= 4 is 22.1 Å². The standard InChI is InChI=1S/C5H7BrN2/c1-8-3-5(6)2-7-4-8/h2-3H,4H2,1H3. The van der Waals surface area contributed by atoms with Crippen molar-refractivity contribution in [2.75, 3.05) is 13.7 Å². The molecule has 0 aliphatic carbocycles.